The molecule has 1 atom stereocenters. The Balaban J connectivity index is 1.72. The minimum atomic E-state index is 0.446. The van der Waals surface area contributed by atoms with Crippen LogP contribution in [-0.4, -0.2) is 14.2 Å². The van der Waals surface area contributed by atoms with E-state index in [1.807, 2.05) is 0 Å². The van der Waals surface area contributed by atoms with Gasteiger partial charge in [0.05, 0.1) is 7.11 Å². The lowest BCUT2D eigenvalue weighted by Crippen LogP contribution is -2.51. The highest BCUT2D eigenvalue weighted by Crippen LogP contribution is 2.64. The van der Waals surface area contributed by atoms with Crippen LogP contribution in [0.3, 0.4) is 0 Å². The number of hydrogen-bond donors (Lipinski definition) is 1. The standard InChI is InChI=1S/C19H27NO/c1-20-18(16-5-3-4-6-17(16)21-2)19-10-13-7-14(11-19)9-15(8-13)12-19/h3-6,13-15,18,20H,7-12H2,1-2H3. The molecule has 0 saturated heterocycles. The van der Waals surface area contributed by atoms with Crippen LogP contribution in [0.1, 0.15) is 50.1 Å². The molecular weight excluding hydrogens is 258 g/mol. The van der Waals surface area contributed by atoms with Gasteiger partial charge in [0.25, 0.3) is 0 Å². The van der Waals surface area contributed by atoms with Gasteiger partial charge in [-0.2, -0.15) is 0 Å². The van der Waals surface area contributed by atoms with Crippen molar-refractivity contribution in [2.24, 2.45) is 23.2 Å². The number of rotatable bonds is 4. The first-order chi connectivity index (χ1) is 10.2. The fraction of sp³-hybridized carbons (Fsp3) is 0.684. The van der Waals surface area contributed by atoms with Crippen LogP contribution in [0.4, 0.5) is 0 Å². The Morgan fingerprint density at radius 3 is 2.14 bits per heavy atom. The summed E-state index contributed by atoms with van der Waals surface area (Å²) >= 11 is 0. The quantitative estimate of drug-likeness (QED) is 0.896. The van der Waals surface area contributed by atoms with Crippen LogP contribution in [0.25, 0.3) is 0 Å². The molecule has 114 valence electrons. The number of para-hydroxylation sites is 1. The predicted octanol–water partition coefficient (Wildman–Crippen LogP) is 4.17. The fourth-order valence-electron chi connectivity index (χ4n) is 6.23. The Morgan fingerprint density at radius 2 is 1.62 bits per heavy atom. The summed E-state index contributed by atoms with van der Waals surface area (Å²) in [6, 6.07) is 9.05. The van der Waals surface area contributed by atoms with E-state index in [2.05, 4.69) is 36.6 Å². The van der Waals surface area contributed by atoms with E-state index in [1.165, 1.54) is 44.1 Å². The molecule has 0 amide bonds. The van der Waals surface area contributed by atoms with Crippen LogP contribution in [0.2, 0.25) is 0 Å². The van der Waals surface area contributed by atoms with Crippen LogP contribution in [0, 0.1) is 23.2 Å². The lowest BCUT2D eigenvalue weighted by Gasteiger charge is -2.59. The zero-order chi connectivity index (χ0) is 14.4. The number of nitrogens with one attached hydrogen (secondary N) is 1. The van der Waals surface area contributed by atoms with E-state index in [1.54, 1.807) is 7.11 Å². The SMILES string of the molecule is CNC(c1ccccc1OC)C12CC3CC(CC(C3)C1)C2. The summed E-state index contributed by atoms with van der Waals surface area (Å²) in [4.78, 5) is 0. The molecule has 4 saturated carbocycles. The van der Waals surface area contributed by atoms with E-state index in [-0.39, 0.29) is 0 Å². The maximum atomic E-state index is 5.65. The highest BCUT2D eigenvalue weighted by atomic mass is 16.5. The number of hydrogen-bond acceptors (Lipinski definition) is 2. The van der Waals surface area contributed by atoms with Crippen molar-refractivity contribution in [2.45, 2.75) is 44.6 Å². The van der Waals surface area contributed by atoms with Gasteiger partial charge in [0, 0.05) is 11.6 Å². The predicted molar refractivity (Wildman–Crippen MR) is 85.4 cm³/mol. The van der Waals surface area contributed by atoms with Crippen molar-refractivity contribution in [3.05, 3.63) is 29.8 Å². The molecule has 4 aliphatic carbocycles. The zero-order valence-electron chi connectivity index (χ0n) is 13.3. The number of benzene rings is 1. The first-order valence-corrected chi connectivity index (χ1v) is 8.54. The van der Waals surface area contributed by atoms with Gasteiger partial charge in [-0.15, -0.1) is 0 Å². The minimum Gasteiger partial charge on any atom is -0.496 e. The third-order valence-corrected chi connectivity index (χ3v) is 6.44. The average molecular weight is 285 g/mol. The highest BCUT2D eigenvalue weighted by molar-refractivity contribution is 5.37. The van der Waals surface area contributed by atoms with E-state index >= 15 is 0 Å². The summed E-state index contributed by atoms with van der Waals surface area (Å²) < 4.78 is 5.65. The number of methoxy groups -OCH3 is 1. The molecule has 2 heteroatoms. The van der Waals surface area contributed by atoms with Crippen molar-refractivity contribution in [1.82, 2.24) is 5.32 Å². The van der Waals surface area contributed by atoms with E-state index in [9.17, 15) is 0 Å². The van der Waals surface area contributed by atoms with Gasteiger partial charge >= 0.3 is 0 Å². The van der Waals surface area contributed by atoms with Gasteiger partial charge in [0.15, 0.2) is 0 Å². The Kier molecular flexibility index (Phi) is 3.25. The molecule has 0 radical (unpaired) electrons. The third kappa shape index (κ3) is 2.11. The van der Waals surface area contributed by atoms with Crippen molar-refractivity contribution < 1.29 is 4.74 Å². The summed E-state index contributed by atoms with van der Waals surface area (Å²) in [6.07, 6.45) is 8.76. The fourth-order valence-corrected chi connectivity index (χ4v) is 6.23. The van der Waals surface area contributed by atoms with Crippen molar-refractivity contribution in [1.29, 1.82) is 0 Å². The molecule has 4 fully saturated rings. The zero-order valence-corrected chi connectivity index (χ0v) is 13.3. The van der Waals surface area contributed by atoms with Gasteiger partial charge in [0.1, 0.15) is 5.75 Å². The number of ether oxygens (including phenoxy) is 1. The first-order valence-electron chi connectivity index (χ1n) is 8.54. The van der Waals surface area contributed by atoms with Crippen LogP contribution in [0.15, 0.2) is 24.3 Å². The molecular formula is C19H27NO. The molecule has 4 bridgehead atoms. The maximum Gasteiger partial charge on any atom is 0.123 e. The maximum absolute atomic E-state index is 5.65. The molecule has 0 heterocycles. The Hall–Kier alpha value is -1.02. The summed E-state index contributed by atoms with van der Waals surface area (Å²) in [5.41, 5.74) is 1.84. The second-order valence-corrected chi connectivity index (χ2v) is 7.74. The second-order valence-electron chi connectivity index (χ2n) is 7.74. The molecule has 2 nitrogen and oxygen atoms in total. The van der Waals surface area contributed by atoms with Crippen LogP contribution in [-0.2, 0) is 0 Å². The van der Waals surface area contributed by atoms with Crippen molar-refractivity contribution in [3.63, 3.8) is 0 Å². The first kappa shape index (κ1) is 13.6. The van der Waals surface area contributed by atoms with Gasteiger partial charge in [-0.1, -0.05) is 18.2 Å². The topological polar surface area (TPSA) is 21.3 Å². The van der Waals surface area contributed by atoms with Crippen LogP contribution >= 0.6 is 0 Å². The van der Waals surface area contributed by atoms with E-state index < -0.39 is 0 Å². The second kappa shape index (κ2) is 5.01. The van der Waals surface area contributed by atoms with Crippen molar-refractivity contribution in [2.75, 3.05) is 14.2 Å². The van der Waals surface area contributed by atoms with Gasteiger partial charge in [0.2, 0.25) is 0 Å². The van der Waals surface area contributed by atoms with Crippen molar-refractivity contribution >= 4 is 0 Å². The summed E-state index contributed by atoms with van der Waals surface area (Å²) in [5.74, 6) is 4.01. The summed E-state index contributed by atoms with van der Waals surface area (Å²) in [6.45, 7) is 0. The van der Waals surface area contributed by atoms with Gasteiger partial charge < -0.3 is 10.1 Å². The van der Waals surface area contributed by atoms with E-state index in [0.29, 0.717) is 11.5 Å². The molecule has 21 heavy (non-hydrogen) atoms. The normalized spacial score (nSPS) is 38.5. The lowest BCUT2D eigenvalue weighted by molar-refractivity contribution is -0.0739. The Bertz CT molecular complexity index is 489. The molecule has 1 unspecified atom stereocenters. The molecule has 1 aromatic rings. The Labute approximate surface area is 128 Å². The van der Waals surface area contributed by atoms with Crippen molar-refractivity contribution in [3.8, 4) is 5.75 Å². The average Bonchev–Trinajstić information content (AvgIpc) is 2.47. The Morgan fingerprint density at radius 1 is 1.05 bits per heavy atom. The molecule has 0 aromatic heterocycles. The van der Waals surface area contributed by atoms with Crippen LogP contribution < -0.4 is 10.1 Å². The highest BCUT2D eigenvalue weighted by Gasteiger charge is 2.54. The molecule has 5 rings (SSSR count). The van der Waals surface area contributed by atoms with E-state index in [4.69, 9.17) is 4.74 Å². The van der Waals surface area contributed by atoms with Gasteiger partial charge in [-0.05, 0) is 74.8 Å². The largest absolute Gasteiger partial charge is 0.496 e. The minimum absolute atomic E-state index is 0.446. The molecule has 0 aliphatic heterocycles. The summed E-state index contributed by atoms with van der Waals surface area (Å²) in [5, 5.41) is 3.67. The lowest BCUT2D eigenvalue weighted by atomic mass is 9.47. The van der Waals surface area contributed by atoms with E-state index in [0.717, 1.165) is 23.5 Å². The van der Waals surface area contributed by atoms with Gasteiger partial charge in [-0.3, -0.25) is 0 Å². The van der Waals surface area contributed by atoms with Crippen LogP contribution in [0.5, 0.6) is 5.75 Å². The monoisotopic (exact) mass is 285 g/mol. The molecule has 1 N–H and O–H groups in total. The summed E-state index contributed by atoms with van der Waals surface area (Å²) in [7, 11) is 3.93. The smallest absolute Gasteiger partial charge is 0.123 e. The molecule has 4 aliphatic rings. The van der Waals surface area contributed by atoms with Gasteiger partial charge in [-0.25, -0.2) is 0 Å². The third-order valence-electron chi connectivity index (χ3n) is 6.44. The molecule has 1 aromatic carbocycles. The molecule has 0 spiro atoms.